The van der Waals surface area contributed by atoms with E-state index in [0.29, 0.717) is 0 Å². The van der Waals surface area contributed by atoms with E-state index in [-0.39, 0.29) is 19.6 Å². The van der Waals surface area contributed by atoms with Gasteiger partial charge in [-0.2, -0.15) is 0 Å². The lowest BCUT2D eigenvalue weighted by molar-refractivity contribution is -0.190. The predicted octanol–water partition coefficient (Wildman–Crippen LogP) is 4.59. The molecule has 0 spiro atoms. The van der Waals surface area contributed by atoms with Crippen LogP contribution in [-0.2, 0) is 39.8 Å². The number of ether oxygens (including phenoxy) is 7. The van der Waals surface area contributed by atoms with Crippen molar-refractivity contribution < 1.29 is 42.7 Å². The van der Waals surface area contributed by atoms with Crippen molar-refractivity contribution in [3.8, 4) is 5.75 Å². The van der Waals surface area contributed by atoms with Gasteiger partial charge in [-0.15, -0.1) is 6.58 Å². The molecule has 10 heteroatoms. The maximum absolute atomic E-state index is 13.5. The molecule has 0 N–H and O–H groups in total. The zero-order chi connectivity index (χ0) is 29.2. The third kappa shape index (κ3) is 6.92. The zero-order valence-electron chi connectivity index (χ0n) is 24.6. The van der Waals surface area contributed by atoms with Crippen LogP contribution >= 0.6 is 0 Å². The molecule has 218 valence electrons. The van der Waals surface area contributed by atoms with Crippen LogP contribution in [0.15, 0.2) is 36.9 Å². The van der Waals surface area contributed by atoms with Crippen molar-refractivity contribution in [2.45, 2.75) is 102 Å². The molecule has 39 heavy (non-hydrogen) atoms. The third-order valence-electron chi connectivity index (χ3n) is 6.66. The summed E-state index contributed by atoms with van der Waals surface area (Å²) >= 11 is 0. The standard InChI is InChI=1S/C29H43NO9/c1-11-22(35-17-19-12-14-21(33-9)15-13-19)23-29(24(31)34-10,39-28(7,8)37-23)16-20-18-36-27(5,6)30(20)25(32)38-26(2,3)4/h11-15,20,22-23H,1,16-18H2,2-10H3/t20-,22+,23-,29-/m0/s1. The Morgan fingerprint density at radius 3 is 2.33 bits per heavy atom. The minimum atomic E-state index is -1.63. The van der Waals surface area contributed by atoms with Gasteiger partial charge in [-0.25, -0.2) is 9.59 Å². The van der Waals surface area contributed by atoms with E-state index in [1.807, 2.05) is 24.3 Å². The molecule has 2 aliphatic rings. The Hall–Kier alpha value is -2.66. The summed E-state index contributed by atoms with van der Waals surface area (Å²) in [6.45, 7) is 16.7. The van der Waals surface area contributed by atoms with E-state index in [4.69, 9.17) is 33.2 Å². The van der Waals surface area contributed by atoms with Crippen LogP contribution in [0.1, 0.15) is 60.5 Å². The van der Waals surface area contributed by atoms with Gasteiger partial charge in [0.15, 0.2) is 11.4 Å². The highest BCUT2D eigenvalue weighted by molar-refractivity contribution is 5.81. The smallest absolute Gasteiger partial charge is 0.412 e. The van der Waals surface area contributed by atoms with E-state index in [1.54, 1.807) is 61.7 Å². The van der Waals surface area contributed by atoms with Crippen LogP contribution in [0, 0.1) is 0 Å². The normalized spacial score (nSPS) is 26.6. The molecule has 0 aromatic heterocycles. The summed E-state index contributed by atoms with van der Waals surface area (Å²) in [6.07, 6.45) is -0.636. The molecule has 1 aromatic rings. The van der Waals surface area contributed by atoms with Crippen molar-refractivity contribution in [1.29, 1.82) is 0 Å². The summed E-state index contributed by atoms with van der Waals surface area (Å²) in [4.78, 5) is 28.4. The SMILES string of the molecule is C=C[C@@H](OCc1ccc(OC)cc1)[C@@H]1OC(C)(C)O[C@]1(C[C@H]1COC(C)(C)N1C(=O)OC(C)(C)C)C(=O)OC. The fourth-order valence-corrected chi connectivity index (χ4v) is 5.08. The maximum atomic E-state index is 13.5. The van der Waals surface area contributed by atoms with Crippen molar-refractivity contribution in [3.05, 3.63) is 42.5 Å². The molecule has 1 aromatic carbocycles. The summed E-state index contributed by atoms with van der Waals surface area (Å²) in [6, 6.07) is 6.87. The average molecular weight is 550 g/mol. The van der Waals surface area contributed by atoms with Crippen molar-refractivity contribution >= 4 is 12.1 Å². The quantitative estimate of drug-likeness (QED) is 0.323. The van der Waals surface area contributed by atoms with Crippen molar-refractivity contribution in [2.24, 2.45) is 0 Å². The predicted molar refractivity (Wildman–Crippen MR) is 143 cm³/mol. The molecule has 4 atom stereocenters. The van der Waals surface area contributed by atoms with Crippen LogP contribution in [0.25, 0.3) is 0 Å². The number of benzene rings is 1. The molecule has 2 heterocycles. The van der Waals surface area contributed by atoms with Gasteiger partial charge in [0, 0.05) is 6.42 Å². The van der Waals surface area contributed by atoms with Gasteiger partial charge in [0.2, 0.25) is 0 Å². The first-order valence-corrected chi connectivity index (χ1v) is 13.1. The number of nitrogens with zero attached hydrogens (tertiary/aromatic N) is 1. The van der Waals surface area contributed by atoms with Gasteiger partial charge < -0.3 is 33.2 Å². The average Bonchev–Trinajstić information content (AvgIpc) is 3.30. The van der Waals surface area contributed by atoms with Crippen LogP contribution < -0.4 is 4.74 Å². The first-order chi connectivity index (χ1) is 18.1. The van der Waals surface area contributed by atoms with E-state index in [1.165, 1.54) is 12.0 Å². The molecule has 0 bridgehead atoms. The number of methoxy groups -OCH3 is 2. The molecule has 3 rings (SSSR count). The van der Waals surface area contributed by atoms with Gasteiger partial charge >= 0.3 is 12.1 Å². The van der Waals surface area contributed by atoms with Gasteiger partial charge in [-0.05, 0) is 66.2 Å². The number of carbonyl (C=O) groups excluding carboxylic acids is 2. The first kappa shape index (κ1) is 30.9. The molecule has 0 aliphatic carbocycles. The second-order valence-electron chi connectivity index (χ2n) is 11.7. The summed E-state index contributed by atoms with van der Waals surface area (Å²) in [5, 5.41) is 0. The first-order valence-electron chi connectivity index (χ1n) is 13.1. The van der Waals surface area contributed by atoms with E-state index >= 15 is 0 Å². The number of amides is 1. The highest BCUT2D eigenvalue weighted by Gasteiger charge is 2.64. The van der Waals surface area contributed by atoms with E-state index < -0.39 is 53.0 Å². The molecule has 2 saturated heterocycles. The van der Waals surface area contributed by atoms with Gasteiger partial charge in [0.25, 0.3) is 0 Å². The van der Waals surface area contributed by atoms with Crippen molar-refractivity contribution in [1.82, 2.24) is 4.90 Å². The van der Waals surface area contributed by atoms with Crippen LogP contribution in [0.5, 0.6) is 5.75 Å². The molecule has 2 aliphatic heterocycles. The molecule has 0 saturated carbocycles. The minimum Gasteiger partial charge on any atom is -0.497 e. The second-order valence-corrected chi connectivity index (χ2v) is 11.7. The van der Waals surface area contributed by atoms with Crippen molar-refractivity contribution in [2.75, 3.05) is 20.8 Å². The number of rotatable bonds is 9. The Morgan fingerprint density at radius 1 is 1.15 bits per heavy atom. The summed E-state index contributed by atoms with van der Waals surface area (Å²) < 4.78 is 41.0. The molecular formula is C29H43NO9. The molecule has 0 unspecified atom stereocenters. The Bertz CT molecular complexity index is 1030. The summed E-state index contributed by atoms with van der Waals surface area (Å²) in [7, 11) is 2.89. The van der Waals surface area contributed by atoms with E-state index in [0.717, 1.165) is 11.3 Å². The lowest BCUT2D eigenvalue weighted by Gasteiger charge is -2.39. The monoisotopic (exact) mass is 549 g/mol. The van der Waals surface area contributed by atoms with E-state index in [2.05, 4.69) is 6.58 Å². The van der Waals surface area contributed by atoms with Crippen LogP contribution in [0.3, 0.4) is 0 Å². The third-order valence-corrected chi connectivity index (χ3v) is 6.66. The molecule has 0 radical (unpaired) electrons. The Kier molecular flexibility index (Phi) is 9.06. The number of esters is 1. The van der Waals surface area contributed by atoms with Gasteiger partial charge in [-0.1, -0.05) is 18.2 Å². The van der Waals surface area contributed by atoms with Crippen LogP contribution in [0.2, 0.25) is 0 Å². The summed E-state index contributed by atoms with van der Waals surface area (Å²) in [5.41, 5.74) is -2.43. The maximum Gasteiger partial charge on any atom is 0.412 e. The van der Waals surface area contributed by atoms with E-state index in [9.17, 15) is 9.59 Å². The highest BCUT2D eigenvalue weighted by atomic mass is 16.8. The Morgan fingerprint density at radius 2 is 1.79 bits per heavy atom. The topological polar surface area (TPSA) is 102 Å². The largest absolute Gasteiger partial charge is 0.497 e. The van der Waals surface area contributed by atoms with Crippen molar-refractivity contribution in [3.63, 3.8) is 0 Å². The fourth-order valence-electron chi connectivity index (χ4n) is 5.08. The van der Waals surface area contributed by atoms with Gasteiger partial charge in [0.1, 0.15) is 29.3 Å². The molecule has 1 amide bonds. The zero-order valence-corrected chi connectivity index (χ0v) is 24.6. The van der Waals surface area contributed by atoms with Crippen LogP contribution in [-0.4, -0.2) is 78.8 Å². The lowest BCUT2D eigenvalue weighted by Crippen LogP contribution is -2.58. The molecule has 10 nitrogen and oxygen atoms in total. The number of hydrogen-bond acceptors (Lipinski definition) is 9. The summed E-state index contributed by atoms with van der Waals surface area (Å²) in [5.74, 6) is -1.07. The molecular weight excluding hydrogens is 506 g/mol. The lowest BCUT2D eigenvalue weighted by atomic mass is 9.85. The van der Waals surface area contributed by atoms with Gasteiger partial charge in [-0.3, -0.25) is 4.90 Å². The second kappa shape index (κ2) is 11.4. The number of carbonyl (C=O) groups is 2. The highest BCUT2D eigenvalue weighted by Crippen LogP contribution is 2.45. The molecule has 2 fully saturated rings. The fraction of sp³-hybridized carbons (Fsp3) is 0.655. The Labute approximate surface area is 231 Å². The van der Waals surface area contributed by atoms with Gasteiger partial charge in [0.05, 0.1) is 33.5 Å². The Balaban J connectivity index is 1.94. The van der Waals surface area contributed by atoms with Crippen LogP contribution in [0.4, 0.5) is 4.79 Å². The number of hydrogen-bond donors (Lipinski definition) is 0. The minimum absolute atomic E-state index is 0.0205.